The molecular weight excluding hydrogens is 730 g/mol. The summed E-state index contributed by atoms with van der Waals surface area (Å²) >= 11 is 2.92. The highest BCUT2D eigenvalue weighted by Gasteiger charge is 2.37. The predicted octanol–water partition coefficient (Wildman–Crippen LogP) is 7.65. The van der Waals surface area contributed by atoms with E-state index in [9.17, 15) is 35.9 Å². The summed E-state index contributed by atoms with van der Waals surface area (Å²) in [4.78, 5) is 29.6. The average Bonchev–Trinajstić information content (AvgIpc) is 3.74. The van der Waals surface area contributed by atoms with Crippen molar-refractivity contribution in [1.82, 2.24) is 28.9 Å². The maximum absolute atomic E-state index is 14.4. The highest BCUT2D eigenvalue weighted by Crippen LogP contribution is 2.36. The van der Waals surface area contributed by atoms with Crippen molar-refractivity contribution in [2.75, 3.05) is 0 Å². The number of hydrogen-bond acceptors (Lipinski definition) is 4. The minimum atomic E-state index is -4.68. The smallest absolute Gasteiger partial charge is 0.330 e. The second-order valence-corrected chi connectivity index (χ2v) is 12.8. The van der Waals surface area contributed by atoms with Crippen LogP contribution < -0.4 is 5.56 Å². The van der Waals surface area contributed by atoms with Crippen LogP contribution in [0.5, 0.6) is 0 Å². The van der Waals surface area contributed by atoms with E-state index in [4.69, 9.17) is 0 Å². The highest BCUT2D eigenvalue weighted by atomic mass is 79.9. The van der Waals surface area contributed by atoms with Crippen molar-refractivity contribution in [3.8, 4) is 11.4 Å². The Kier molecular flexibility index (Phi) is 8.20. The Morgan fingerprint density at radius 1 is 0.920 bits per heavy atom. The van der Waals surface area contributed by atoms with Crippen LogP contribution in [-0.2, 0) is 31.7 Å². The molecule has 6 aromatic rings. The van der Waals surface area contributed by atoms with Crippen molar-refractivity contribution < 1.29 is 31.1 Å². The van der Waals surface area contributed by atoms with Crippen molar-refractivity contribution in [3.05, 3.63) is 145 Å². The number of benzene rings is 3. The van der Waals surface area contributed by atoms with E-state index in [1.165, 1.54) is 27.8 Å². The van der Waals surface area contributed by atoms with Gasteiger partial charge in [0.05, 0.1) is 35.4 Å². The Labute approximate surface area is 288 Å². The molecule has 0 saturated carbocycles. The molecule has 4 heterocycles. The molecule has 3 aromatic heterocycles. The van der Waals surface area contributed by atoms with Gasteiger partial charge in [-0.1, -0.05) is 46.3 Å². The van der Waals surface area contributed by atoms with Gasteiger partial charge in [-0.15, -0.1) is 0 Å². The normalized spacial score (nSPS) is 15.0. The van der Waals surface area contributed by atoms with E-state index in [1.807, 2.05) is 30.3 Å². The minimum absolute atomic E-state index is 0.0917. The van der Waals surface area contributed by atoms with Gasteiger partial charge >= 0.3 is 12.4 Å². The molecular formula is C35H25BrF6N6O2. The number of rotatable bonds is 5. The molecule has 1 aliphatic heterocycles. The zero-order valence-electron chi connectivity index (χ0n) is 26.0. The maximum Gasteiger partial charge on any atom is 0.435 e. The van der Waals surface area contributed by atoms with E-state index in [2.05, 4.69) is 26.1 Å². The lowest BCUT2D eigenvalue weighted by molar-refractivity contribution is -0.141. The van der Waals surface area contributed by atoms with E-state index < -0.39 is 35.6 Å². The first-order chi connectivity index (χ1) is 23.7. The van der Waals surface area contributed by atoms with Gasteiger partial charge in [0.15, 0.2) is 5.69 Å². The number of alkyl halides is 6. The van der Waals surface area contributed by atoms with Gasteiger partial charge in [0.25, 0.3) is 11.5 Å². The fourth-order valence-electron chi connectivity index (χ4n) is 6.25. The van der Waals surface area contributed by atoms with Crippen LogP contribution in [0, 0.1) is 0 Å². The van der Waals surface area contributed by atoms with E-state index in [-0.39, 0.29) is 28.6 Å². The summed E-state index contributed by atoms with van der Waals surface area (Å²) in [5.74, 6) is -0.627. The Hall–Kier alpha value is -5.18. The topological polar surface area (TPSA) is 77.4 Å². The number of fused-ring (bicyclic) bond motifs is 3. The fraction of sp³-hybridized carbons (Fsp3) is 0.200. The first-order valence-corrected chi connectivity index (χ1v) is 16.1. The van der Waals surface area contributed by atoms with Crippen LogP contribution in [0.1, 0.15) is 50.9 Å². The van der Waals surface area contributed by atoms with Gasteiger partial charge in [-0.2, -0.15) is 36.5 Å². The monoisotopic (exact) mass is 754 g/mol. The standard InChI is InChI=1S/C35H25BrF6N6O2/c1-20-15-26-29(19-45(20)32(49)22-7-12-28(36)27(17-22)34(37,38)39)48-31(23(18-43-48)16-21-5-3-2-4-6-21)47(33(26)50)25-10-8-24(9-11-25)46-14-13-30(44-46)35(40,41)42/h2-14,17-18,20H,15-16,19H2,1H3/t20-/m0/s1. The van der Waals surface area contributed by atoms with E-state index in [0.29, 0.717) is 40.3 Å². The lowest BCUT2D eigenvalue weighted by Crippen LogP contribution is -2.46. The molecule has 50 heavy (non-hydrogen) atoms. The van der Waals surface area contributed by atoms with Gasteiger partial charge in [0.2, 0.25) is 0 Å². The Balaban J connectivity index is 1.33. The van der Waals surface area contributed by atoms with Crippen LogP contribution in [-0.4, -0.2) is 40.8 Å². The summed E-state index contributed by atoms with van der Waals surface area (Å²) < 4.78 is 84.5. The molecule has 0 bridgehead atoms. The van der Waals surface area contributed by atoms with Crippen molar-refractivity contribution in [1.29, 1.82) is 0 Å². The van der Waals surface area contributed by atoms with Gasteiger partial charge < -0.3 is 4.90 Å². The van der Waals surface area contributed by atoms with Crippen LogP contribution in [0.2, 0.25) is 0 Å². The molecule has 15 heteroatoms. The molecule has 3 aromatic carbocycles. The lowest BCUT2D eigenvalue weighted by Gasteiger charge is -2.35. The number of carbonyl (C=O) groups excluding carboxylic acids is 1. The maximum atomic E-state index is 14.4. The molecule has 7 rings (SSSR count). The molecule has 1 amide bonds. The second kappa shape index (κ2) is 12.3. The fourth-order valence-corrected chi connectivity index (χ4v) is 6.72. The molecule has 1 aliphatic rings. The molecule has 0 saturated heterocycles. The van der Waals surface area contributed by atoms with Gasteiger partial charge in [-0.25, -0.2) is 9.20 Å². The molecule has 0 fully saturated rings. The zero-order valence-corrected chi connectivity index (χ0v) is 27.6. The molecule has 0 aliphatic carbocycles. The van der Waals surface area contributed by atoms with Crippen LogP contribution >= 0.6 is 15.9 Å². The number of nitrogens with zero attached hydrogens (tertiary/aromatic N) is 6. The van der Waals surface area contributed by atoms with Crippen molar-refractivity contribution >= 4 is 27.5 Å². The van der Waals surface area contributed by atoms with Crippen molar-refractivity contribution in [3.63, 3.8) is 0 Å². The van der Waals surface area contributed by atoms with Crippen molar-refractivity contribution in [2.24, 2.45) is 0 Å². The second-order valence-electron chi connectivity index (χ2n) is 12.0. The van der Waals surface area contributed by atoms with Gasteiger partial charge in [0, 0.05) is 39.8 Å². The summed E-state index contributed by atoms with van der Waals surface area (Å²) in [6, 6.07) is 19.4. The first-order valence-electron chi connectivity index (χ1n) is 15.3. The molecule has 0 N–H and O–H groups in total. The molecule has 0 unspecified atom stereocenters. The van der Waals surface area contributed by atoms with Crippen LogP contribution in [0.15, 0.2) is 101 Å². The Morgan fingerprint density at radius 3 is 2.28 bits per heavy atom. The number of aromatic nitrogens is 5. The lowest BCUT2D eigenvalue weighted by atomic mass is 9.97. The summed E-state index contributed by atoms with van der Waals surface area (Å²) in [5, 5.41) is 8.26. The summed E-state index contributed by atoms with van der Waals surface area (Å²) in [7, 11) is 0. The SMILES string of the molecule is C[C@H]1Cc2c(n3ncc(Cc4ccccc4)c3n(-c3ccc(-n4ccc(C(F)(F)F)n4)cc3)c2=O)CN1C(=O)c1ccc(Br)c(C(F)(F)F)c1. The summed E-state index contributed by atoms with van der Waals surface area (Å²) in [5.41, 5.74) is 1.05. The Morgan fingerprint density at radius 2 is 1.62 bits per heavy atom. The number of hydrogen-bond donors (Lipinski definition) is 0. The predicted molar refractivity (Wildman–Crippen MR) is 174 cm³/mol. The van der Waals surface area contributed by atoms with Crippen LogP contribution in [0.25, 0.3) is 17.0 Å². The third kappa shape index (κ3) is 5.99. The number of carbonyl (C=O) groups is 1. The third-order valence-electron chi connectivity index (χ3n) is 8.71. The number of halogens is 7. The Bertz CT molecular complexity index is 2310. The van der Waals surface area contributed by atoms with E-state index in [1.54, 1.807) is 41.9 Å². The van der Waals surface area contributed by atoms with Gasteiger partial charge in [0.1, 0.15) is 5.65 Å². The largest absolute Gasteiger partial charge is 0.435 e. The highest BCUT2D eigenvalue weighted by molar-refractivity contribution is 9.10. The minimum Gasteiger partial charge on any atom is -0.330 e. The van der Waals surface area contributed by atoms with E-state index in [0.717, 1.165) is 22.4 Å². The third-order valence-corrected chi connectivity index (χ3v) is 9.41. The van der Waals surface area contributed by atoms with Gasteiger partial charge in [-0.05, 0) is 67.4 Å². The van der Waals surface area contributed by atoms with Crippen LogP contribution in [0.3, 0.4) is 0 Å². The van der Waals surface area contributed by atoms with Crippen molar-refractivity contribution in [2.45, 2.75) is 44.7 Å². The molecule has 0 radical (unpaired) electrons. The van der Waals surface area contributed by atoms with E-state index >= 15 is 0 Å². The first kappa shape index (κ1) is 33.3. The zero-order chi connectivity index (χ0) is 35.5. The van der Waals surface area contributed by atoms with Gasteiger partial charge in [-0.3, -0.25) is 14.2 Å². The molecule has 0 spiro atoms. The summed E-state index contributed by atoms with van der Waals surface area (Å²) in [6.07, 6.45) is -5.97. The molecule has 8 nitrogen and oxygen atoms in total. The van der Waals surface area contributed by atoms with Crippen LogP contribution in [0.4, 0.5) is 26.3 Å². The average molecular weight is 756 g/mol. The molecule has 256 valence electrons. The number of amides is 1. The summed E-state index contributed by atoms with van der Waals surface area (Å²) in [6.45, 7) is 1.63. The quantitative estimate of drug-likeness (QED) is 0.170. The molecule has 1 atom stereocenters.